The van der Waals surface area contributed by atoms with Crippen molar-refractivity contribution in [2.45, 2.75) is 26.7 Å². The molecule has 2 aromatic heterocycles. The maximum atomic E-state index is 12.8. The molecule has 0 bridgehead atoms. The topological polar surface area (TPSA) is 153 Å². The molecule has 172 valence electrons. The number of carbonyl (C=O) groups is 2. The van der Waals surface area contributed by atoms with Crippen LogP contribution < -0.4 is 16.8 Å². The van der Waals surface area contributed by atoms with Gasteiger partial charge in [-0.05, 0) is 49.6 Å². The lowest BCUT2D eigenvalue weighted by molar-refractivity contribution is -0.120. The third kappa shape index (κ3) is 3.63. The van der Waals surface area contributed by atoms with Crippen molar-refractivity contribution in [3.63, 3.8) is 0 Å². The smallest absolute Gasteiger partial charge is 0.269 e. The number of H-pyrrole nitrogens is 1. The van der Waals surface area contributed by atoms with Crippen molar-refractivity contribution < 1.29 is 9.59 Å². The van der Waals surface area contributed by atoms with Crippen LogP contribution >= 0.6 is 11.6 Å². The van der Waals surface area contributed by atoms with Crippen molar-refractivity contribution >= 4 is 45.7 Å². The lowest BCUT2D eigenvalue weighted by Gasteiger charge is -2.17. The Morgan fingerprint density at radius 1 is 1.18 bits per heavy atom. The first-order valence-electron chi connectivity index (χ1n) is 10.7. The zero-order chi connectivity index (χ0) is 24.2. The van der Waals surface area contributed by atoms with E-state index in [1.54, 1.807) is 24.4 Å². The van der Waals surface area contributed by atoms with Crippen molar-refractivity contribution in [1.29, 1.82) is 0 Å². The molecule has 10 heteroatoms. The van der Waals surface area contributed by atoms with Gasteiger partial charge in [0, 0.05) is 27.0 Å². The lowest BCUT2D eigenvalue weighted by atomic mass is 9.99. The second-order valence-corrected chi connectivity index (χ2v) is 9.25. The summed E-state index contributed by atoms with van der Waals surface area (Å²) in [5.41, 5.74) is 15.2. The van der Waals surface area contributed by atoms with Gasteiger partial charge in [-0.2, -0.15) is 5.10 Å². The molecule has 2 amide bonds. The molecule has 0 radical (unpaired) electrons. The Balaban J connectivity index is 1.74. The van der Waals surface area contributed by atoms with Crippen LogP contribution in [0.2, 0.25) is 5.02 Å². The molecule has 1 aliphatic carbocycles. The quantitative estimate of drug-likeness (QED) is 0.341. The largest absolute Gasteiger partial charge is 0.395 e. The third-order valence-corrected chi connectivity index (χ3v) is 6.50. The van der Waals surface area contributed by atoms with Gasteiger partial charge in [-0.25, -0.2) is 9.97 Å². The summed E-state index contributed by atoms with van der Waals surface area (Å²) in [6.07, 6.45) is 3.32. The summed E-state index contributed by atoms with van der Waals surface area (Å²) in [6, 6.07) is 8.80. The van der Waals surface area contributed by atoms with E-state index < -0.39 is 11.3 Å². The fourth-order valence-corrected chi connectivity index (χ4v) is 4.08. The van der Waals surface area contributed by atoms with Gasteiger partial charge in [0.2, 0.25) is 5.91 Å². The predicted octanol–water partition coefficient (Wildman–Crippen LogP) is 4.07. The predicted molar refractivity (Wildman–Crippen MR) is 131 cm³/mol. The number of nitrogens with zero attached hydrogens (tertiary/aromatic N) is 3. The van der Waals surface area contributed by atoms with Gasteiger partial charge < -0.3 is 16.8 Å². The van der Waals surface area contributed by atoms with E-state index in [1.165, 1.54) is 0 Å². The van der Waals surface area contributed by atoms with Crippen molar-refractivity contribution in [2.24, 2.45) is 11.1 Å². The molecular formula is C24H22ClN7O2. The van der Waals surface area contributed by atoms with E-state index in [0.29, 0.717) is 27.5 Å². The lowest BCUT2D eigenvalue weighted by Crippen LogP contribution is -2.22. The Kier molecular flexibility index (Phi) is 5.02. The number of aromatic nitrogens is 4. The standard InChI is InChI=1S/C24H22ClN7O2/c1-11-3-5-16-14(10-28-32-16)17(11)19-18(26)20(21(27)33)31-22(30-19)13-9-12(25)4-6-15(13)29-23(34)24(2)7-8-24/h3-6,9-10H,7-8,26H2,1-2H3,(H2,27,33)(H,28,32)(H,29,34). The Bertz CT molecular complexity index is 1490. The number of primary amides is 1. The van der Waals surface area contributed by atoms with Gasteiger partial charge in [0.15, 0.2) is 11.5 Å². The number of carbonyl (C=O) groups excluding carboxylic acids is 2. The van der Waals surface area contributed by atoms with E-state index in [2.05, 4.69) is 20.5 Å². The molecule has 0 atom stereocenters. The molecule has 6 N–H and O–H groups in total. The van der Waals surface area contributed by atoms with Gasteiger partial charge in [0.05, 0.1) is 28.8 Å². The molecule has 34 heavy (non-hydrogen) atoms. The van der Waals surface area contributed by atoms with E-state index in [0.717, 1.165) is 29.3 Å². The molecule has 0 unspecified atom stereocenters. The number of aromatic amines is 1. The van der Waals surface area contributed by atoms with E-state index in [4.69, 9.17) is 28.1 Å². The highest BCUT2D eigenvalue weighted by atomic mass is 35.5. The Labute approximate surface area is 199 Å². The zero-order valence-electron chi connectivity index (χ0n) is 18.6. The van der Waals surface area contributed by atoms with E-state index in [1.807, 2.05) is 26.0 Å². The molecule has 1 saturated carbocycles. The fraction of sp³-hybridized carbons (Fsp3) is 0.208. The number of hydrogen-bond acceptors (Lipinski definition) is 6. The van der Waals surface area contributed by atoms with Crippen molar-refractivity contribution in [3.05, 3.63) is 52.8 Å². The molecule has 0 aliphatic heterocycles. The number of aryl methyl sites for hydroxylation is 1. The van der Waals surface area contributed by atoms with Crippen LogP contribution in [0.4, 0.5) is 11.4 Å². The molecule has 1 aliphatic rings. The maximum Gasteiger partial charge on any atom is 0.269 e. The van der Waals surface area contributed by atoms with Crippen LogP contribution in [-0.2, 0) is 4.79 Å². The van der Waals surface area contributed by atoms with E-state index in [-0.39, 0.29) is 23.1 Å². The van der Waals surface area contributed by atoms with Gasteiger partial charge in [-0.1, -0.05) is 24.6 Å². The Morgan fingerprint density at radius 3 is 2.65 bits per heavy atom. The summed E-state index contributed by atoms with van der Waals surface area (Å²) in [4.78, 5) is 34.2. The number of nitrogens with two attached hydrogens (primary N) is 2. The van der Waals surface area contributed by atoms with Crippen molar-refractivity contribution in [3.8, 4) is 22.6 Å². The number of hydrogen-bond donors (Lipinski definition) is 4. The molecule has 2 aromatic carbocycles. The highest BCUT2D eigenvalue weighted by Gasteiger charge is 2.45. The summed E-state index contributed by atoms with van der Waals surface area (Å²) in [5, 5.41) is 11.2. The molecule has 4 aromatic rings. The van der Waals surface area contributed by atoms with Crippen LogP contribution in [-0.4, -0.2) is 32.0 Å². The second-order valence-electron chi connectivity index (χ2n) is 8.82. The number of nitrogens with one attached hydrogen (secondary N) is 2. The minimum Gasteiger partial charge on any atom is -0.395 e. The van der Waals surface area contributed by atoms with E-state index >= 15 is 0 Å². The molecule has 1 fully saturated rings. The molecule has 0 saturated heterocycles. The van der Waals surface area contributed by atoms with Crippen LogP contribution in [0, 0.1) is 12.3 Å². The van der Waals surface area contributed by atoms with Crippen LogP contribution in [0.15, 0.2) is 36.5 Å². The van der Waals surface area contributed by atoms with Gasteiger partial charge in [0.1, 0.15) is 0 Å². The third-order valence-electron chi connectivity index (χ3n) is 6.27. The molecule has 9 nitrogen and oxygen atoms in total. The first-order valence-corrected chi connectivity index (χ1v) is 11.1. The van der Waals surface area contributed by atoms with Gasteiger partial charge in [0.25, 0.3) is 5.91 Å². The van der Waals surface area contributed by atoms with Crippen LogP contribution in [0.3, 0.4) is 0 Å². The first-order chi connectivity index (χ1) is 16.2. The maximum absolute atomic E-state index is 12.8. The number of fused-ring (bicyclic) bond motifs is 1. The number of nitrogen functional groups attached to an aromatic ring is 1. The van der Waals surface area contributed by atoms with Gasteiger partial charge in [-0.15, -0.1) is 0 Å². The molecule has 2 heterocycles. The van der Waals surface area contributed by atoms with Gasteiger partial charge >= 0.3 is 0 Å². The average molecular weight is 476 g/mol. The second kappa shape index (κ2) is 7.81. The Morgan fingerprint density at radius 2 is 1.94 bits per heavy atom. The molecular weight excluding hydrogens is 454 g/mol. The average Bonchev–Trinajstić information content (AvgIpc) is 3.37. The summed E-state index contributed by atoms with van der Waals surface area (Å²) in [7, 11) is 0. The summed E-state index contributed by atoms with van der Waals surface area (Å²) in [6.45, 7) is 3.82. The van der Waals surface area contributed by atoms with Crippen molar-refractivity contribution in [1.82, 2.24) is 20.2 Å². The van der Waals surface area contributed by atoms with Crippen LogP contribution in [0.5, 0.6) is 0 Å². The number of amides is 2. The highest BCUT2D eigenvalue weighted by molar-refractivity contribution is 6.31. The van der Waals surface area contributed by atoms with E-state index in [9.17, 15) is 9.59 Å². The molecule has 5 rings (SSSR count). The monoisotopic (exact) mass is 475 g/mol. The highest BCUT2D eigenvalue weighted by Crippen LogP contribution is 2.46. The van der Waals surface area contributed by atoms with Crippen molar-refractivity contribution in [2.75, 3.05) is 11.1 Å². The zero-order valence-corrected chi connectivity index (χ0v) is 19.3. The number of halogens is 1. The SMILES string of the molecule is Cc1ccc2[nH]ncc2c1-c1nc(-c2cc(Cl)ccc2NC(=O)C2(C)CC2)nc(C(N)=O)c1N. The first kappa shape index (κ1) is 21.8. The summed E-state index contributed by atoms with van der Waals surface area (Å²) >= 11 is 6.29. The number of rotatable bonds is 5. The van der Waals surface area contributed by atoms with Gasteiger partial charge in [-0.3, -0.25) is 14.7 Å². The van der Waals surface area contributed by atoms with Crippen LogP contribution in [0.1, 0.15) is 35.8 Å². The fourth-order valence-electron chi connectivity index (χ4n) is 3.91. The minimum absolute atomic E-state index is 0.0613. The minimum atomic E-state index is -0.794. The molecule has 0 spiro atoms. The Hall–Kier alpha value is -3.98. The number of benzene rings is 2. The van der Waals surface area contributed by atoms with Crippen LogP contribution in [0.25, 0.3) is 33.5 Å². The number of anilines is 2. The normalized spacial score (nSPS) is 14.2. The summed E-state index contributed by atoms with van der Waals surface area (Å²) < 4.78 is 0. The summed E-state index contributed by atoms with van der Waals surface area (Å²) in [5.74, 6) is -0.727.